The molecular weight excluding hydrogens is 595 g/mol. The minimum Gasteiger partial charge on any atom is -0.508 e. The summed E-state index contributed by atoms with van der Waals surface area (Å²) in [5, 5.41) is 11.6. The molecule has 4 aliphatic heterocycles. The van der Waals surface area contributed by atoms with Gasteiger partial charge in [-0.15, -0.1) is 6.42 Å². The van der Waals surface area contributed by atoms with Gasteiger partial charge in [0.05, 0.1) is 17.1 Å². The van der Waals surface area contributed by atoms with Crippen LogP contribution < -0.4 is 14.4 Å². The van der Waals surface area contributed by atoms with Crippen molar-refractivity contribution in [3.8, 4) is 41.2 Å². The zero-order valence-electron chi connectivity index (χ0n) is 25.5. The predicted octanol–water partition coefficient (Wildman–Crippen LogP) is 6.30. The van der Waals surface area contributed by atoms with Gasteiger partial charge in [-0.3, -0.25) is 4.90 Å². The van der Waals surface area contributed by atoms with Crippen molar-refractivity contribution in [3.63, 3.8) is 0 Å². The molecule has 2 aromatic carbocycles. The second-order valence-corrected chi connectivity index (χ2v) is 13.1. The van der Waals surface area contributed by atoms with Crippen molar-refractivity contribution < 1.29 is 27.8 Å². The number of rotatable bonds is 4. The van der Waals surface area contributed by atoms with Crippen LogP contribution in [0.25, 0.3) is 32.9 Å². The fourth-order valence-electron chi connectivity index (χ4n) is 8.18. The Bertz CT molecular complexity index is 1930. The lowest BCUT2D eigenvalue weighted by molar-refractivity contribution is 0.107. The number of pyridine rings is 1. The molecule has 3 unspecified atom stereocenters. The van der Waals surface area contributed by atoms with Gasteiger partial charge >= 0.3 is 6.01 Å². The summed E-state index contributed by atoms with van der Waals surface area (Å²) < 4.78 is 59.3. The highest BCUT2D eigenvalue weighted by Crippen LogP contribution is 2.45. The molecule has 238 valence electrons. The number of phenolic OH excluding ortho intramolecular Hbond substituents is 1. The summed E-state index contributed by atoms with van der Waals surface area (Å²) in [6.45, 7) is 4.03. The van der Waals surface area contributed by atoms with Crippen LogP contribution in [-0.2, 0) is 0 Å². The SMILES string of the molecule is C#Cc1c(F)ccc2cc(O)cc(-c3nc4c5c(nc(OCC67CCCN6CC(F)C7)nc5c3F)N3CCCCC[C@H]3C(C)O4)c12. The van der Waals surface area contributed by atoms with Gasteiger partial charge in [0.2, 0.25) is 5.88 Å². The molecule has 0 aliphatic carbocycles. The summed E-state index contributed by atoms with van der Waals surface area (Å²) in [5.74, 6) is 1.38. The molecule has 0 bridgehead atoms. The maximum Gasteiger partial charge on any atom is 0.319 e. The summed E-state index contributed by atoms with van der Waals surface area (Å²) in [7, 11) is 0. The normalized spacial score (nSPS) is 25.9. The Labute approximate surface area is 264 Å². The van der Waals surface area contributed by atoms with E-state index in [2.05, 4.69) is 25.7 Å². The number of terminal acetylenes is 1. The van der Waals surface area contributed by atoms with Gasteiger partial charge in [-0.1, -0.05) is 24.8 Å². The van der Waals surface area contributed by atoms with Gasteiger partial charge < -0.3 is 19.5 Å². The van der Waals surface area contributed by atoms with E-state index in [0.29, 0.717) is 36.1 Å². The number of aromatic nitrogens is 3. The fourth-order valence-corrected chi connectivity index (χ4v) is 8.18. The van der Waals surface area contributed by atoms with Crippen molar-refractivity contribution in [1.29, 1.82) is 0 Å². The molecule has 46 heavy (non-hydrogen) atoms. The maximum atomic E-state index is 17.0. The van der Waals surface area contributed by atoms with E-state index in [9.17, 15) is 13.9 Å². The van der Waals surface area contributed by atoms with Crippen molar-refractivity contribution in [2.45, 2.75) is 75.7 Å². The van der Waals surface area contributed by atoms with E-state index in [1.165, 1.54) is 24.3 Å². The number of nitrogens with zero attached hydrogens (tertiary/aromatic N) is 5. The first-order valence-corrected chi connectivity index (χ1v) is 16.0. The summed E-state index contributed by atoms with van der Waals surface area (Å²) in [4.78, 5) is 18.5. The van der Waals surface area contributed by atoms with Crippen LogP contribution in [0.1, 0.15) is 57.4 Å². The summed E-state index contributed by atoms with van der Waals surface area (Å²) in [6.07, 6.45) is 10.4. The van der Waals surface area contributed by atoms with E-state index in [1.807, 2.05) is 6.92 Å². The first-order chi connectivity index (χ1) is 22.3. The van der Waals surface area contributed by atoms with Crippen LogP contribution in [0.5, 0.6) is 17.6 Å². The largest absolute Gasteiger partial charge is 0.508 e. The molecule has 8 rings (SSSR count). The van der Waals surface area contributed by atoms with Crippen molar-refractivity contribution in [3.05, 3.63) is 41.5 Å². The van der Waals surface area contributed by atoms with E-state index >= 15 is 4.39 Å². The van der Waals surface area contributed by atoms with E-state index in [1.54, 1.807) is 0 Å². The third-order valence-corrected chi connectivity index (χ3v) is 10.3. The quantitative estimate of drug-likeness (QED) is 0.264. The third kappa shape index (κ3) is 4.52. The number of halogens is 3. The second-order valence-electron chi connectivity index (χ2n) is 13.1. The molecule has 3 saturated heterocycles. The summed E-state index contributed by atoms with van der Waals surface area (Å²) >= 11 is 0. The van der Waals surface area contributed by atoms with E-state index in [0.717, 1.165) is 45.1 Å². The zero-order valence-corrected chi connectivity index (χ0v) is 25.5. The third-order valence-electron chi connectivity index (χ3n) is 10.3. The Hall–Kier alpha value is -4.30. The molecule has 4 aliphatic rings. The van der Waals surface area contributed by atoms with E-state index in [4.69, 9.17) is 20.9 Å². The Morgan fingerprint density at radius 3 is 2.83 bits per heavy atom. The minimum absolute atomic E-state index is 0.0123. The average Bonchev–Trinajstić information content (AvgIpc) is 3.40. The Morgan fingerprint density at radius 2 is 1.98 bits per heavy atom. The highest BCUT2D eigenvalue weighted by atomic mass is 19.1. The highest BCUT2D eigenvalue weighted by molar-refractivity contribution is 6.04. The fraction of sp³-hybridized carbons (Fsp3) is 0.457. The number of fused-ring (bicyclic) bond motifs is 4. The Morgan fingerprint density at radius 1 is 1.11 bits per heavy atom. The van der Waals surface area contributed by atoms with Crippen LogP contribution >= 0.6 is 0 Å². The smallest absolute Gasteiger partial charge is 0.319 e. The van der Waals surface area contributed by atoms with Crippen LogP contribution in [0.4, 0.5) is 19.0 Å². The van der Waals surface area contributed by atoms with Crippen molar-refractivity contribution in [2.75, 3.05) is 31.1 Å². The van der Waals surface area contributed by atoms with E-state index in [-0.39, 0.29) is 64.1 Å². The molecule has 0 radical (unpaired) electrons. The molecule has 4 aromatic rings. The van der Waals surface area contributed by atoms with Gasteiger partial charge in [0.1, 0.15) is 52.9 Å². The van der Waals surface area contributed by atoms with E-state index < -0.39 is 23.3 Å². The monoisotopic (exact) mass is 629 g/mol. The van der Waals surface area contributed by atoms with Crippen LogP contribution in [0.3, 0.4) is 0 Å². The average molecular weight is 630 g/mol. The molecule has 0 amide bonds. The molecule has 11 heteroatoms. The number of phenols is 1. The summed E-state index contributed by atoms with van der Waals surface area (Å²) in [6, 6.07) is 5.39. The predicted molar refractivity (Wildman–Crippen MR) is 168 cm³/mol. The highest BCUT2D eigenvalue weighted by Gasteiger charge is 2.49. The zero-order chi connectivity index (χ0) is 31.7. The first kappa shape index (κ1) is 29.1. The number of anilines is 1. The topological polar surface area (TPSA) is 83.8 Å². The van der Waals surface area contributed by atoms with Crippen LogP contribution in [0.15, 0.2) is 24.3 Å². The summed E-state index contributed by atoms with van der Waals surface area (Å²) in [5.41, 5.74) is -0.670. The lowest BCUT2D eigenvalue weighted by Gasteiger charge is -2.33. The van der Waals surface area contributed by atoms with Gasteiger partial charge in [0, 0.05) is 30.5 Å². The standard InChI is InChI=1S/C35H34F3N5O3/c1-3-23-25(37)10-9-20-14-22(44)15-24(27(20)23)30-29(38)31-28-32(43-13-6-4-5-8-26(43)19(2)46-33(28)39-30)41-34(40-31)45-18-35-11-7-12-42(35)17-21(36)16-35/h1,9-10,14-15,19,21,26,44H,4-8,11-13,16-18H2,2H3/t19?,21?,26-,35?/m0/s1. The molecule has 4 atom stereocenters. The van der Waals surface area contributed by atoms with Gasteiger partial charge in [0.25, 0.3) is 0 Å². The first-order valence-electron chi connectivity index (χ1n) is 16.0. The molecule has 0 saturated carbocycles. The number of ether oxygens (including phenoxy) is 2. The van der Waals surface area contributed by atoms with Crippen LogP contribution in [-0.4, -0.2) is 75.1 Å². The van der Waals surface area contributed by atoms with Crippen molar-refractivity contribution >= 4 is 27.5 Å². The molecule has 2 aromatic heterocycles. The van der Waals surface area contributed by atoms with Gasteiger partial charge in [-0.2, -0.15) is 9.97 Å². The Kier molecular flexibility index (Phi) is 6.90. The molecule has 0 spiro atoms. The Balaban J connectivity index is 1.35. The van der Waals surface area contributed by atoms with Crippen molar-refractivity contribution in [1.82, 2.24) is 19.9 Å². The van der Waals surface area contributed by atoms with Crippen molar-refractivity contribution in [2.24, 2.45) is 0 Å². The lowest BCUT2D eigenvalue weighted by atomic mass is 9.95. The number of aromatic hydroxyl groups is 1. The number of hydrogen-bond donors (Lipinski definition) is 1. The molecule has 8 nitrogen and oxygen atoms in total. The van der Waals surface area contributed by atoms with Gasteiger partial charge in [-0.05, 0) is 62.7 Å². The van der Waals surface area contributed by atoms with Gasteiger partial charge in [-0.25, -0.2) is 18.2 Å². The molecule has 6 heterocycles. The van der Waals surface area contributed by atoms with Crippen LogP contribution in [0.2, 0.25) is 0 Å². The number of hydrogen-bond acceptors (Lipinski definition) is 8. The van der Waals surface area contributed by atoms with Gasteiger partial charge in [0.15, 0.2) is 5.82 Å². The molecular formula is C35H34F3N5O3. The number of benzene rings is 2. The number of alkyl halides is 1. The molecule has 3 fully saturated rings. The lowest BCUT2D eigenvalue weighted by Crippen LogP contribution is -2.44. The maximum absolute atomic E-state index is 17.0. The van der Waals surface area contributed by atoms with Crippen LogP contribution in [0, 0.1) is 24.0 Å². The minimum atomic E-state index is -0.925. The second kappa shape index (κ2) is 10.9. The molecule has 1 N–H and O–H groups in total.